The lowest BCUT2D eigenvalue weighted by molar-refractivity contribution is 0.585. The van der Waals surface area contributed by atoms with Gasteiger partial charge in [-0.05, 0) is 34.3 Å². The molecule has 0 unspecified atom stereocenters. The SMILES string of the molecule is c1csc(-c2cc(-c3cccs3)[o+]c(-c3cccs3)c2)c1. The van der Waals surface area contributed by atoms with Gasteiger partial charge in [0.25, 0.3) is 0 Å². The van der Waals surface area contributed by atoms with E-state index in [1.165, 1.54) is 10.4 Å². The molecule has 0 fully saturated rings. The summed E-state index contributed by atoms with van der Waals surface area (Å²) in [6, 6.07) is 16.8. The zero-order valence-electron chi connectivity index (χ0n) is 11.0. The fourth-order valence-electron chi connectivity index (χ4n) is 2.17. The molecule has 4 heteroatoms. The van der Waals surface area contributed by atoms with E-state index in [-0.39, 0.29) is 0 Å². The first-order valence-corrected chi connectivity index (χ1v) is 9.14. The maximum atomic E-state index is 6.13. The van der Waals surface area contributed by atoms with Crippen molar-refractivity contribution in [2.24, 2.45) is 0 Å². The van der Waals surface area contributed by atoms with Crippen molar-refractivity contribution >= 4 is 34.0 Å². The standard InChI is InChI=1S/C17H11OS3/c1-4-15(19-7-1)12-10-13(16-5-2-8-20-16)18-14(11-12)17-6-3-9-21-17/h1-11H/q+1. The summed E-state index contributed by atoms with van der Waals surface area (Å²) >= 11 is 5.16. The minimum Gasteiger partial charge on any atom is -0.205 e. The molecule has 21 heavy (non-hydrogen) atoms. The summed E-state index contributed by atoms with van der Waals surface area (Å²) in [5.74, 6) is 1.86. The zero-order chi connectivity index (χ0) is 14.1. The van der Waals surface area contributed by atoms with Gasteiger partial charge in [-0.25, -0.2) is 4.42 Å². The van der Waals surface area contributed by atoms with Gasteiger partial charge in [-0.3, -0.25) is 0 Å². The molecule has 1 nitrogen and oxygen atoms in total. The lowest BCUT2D eigenvalue weighted by Gasteiger charge is -1.96. The van der Waals surface area contributed by atoms with Crippen molar-refractivity contribution in [1.29, 1.82) is 0 Å². The van der Waals surface area contributed by atoms with E-state index >= 15 is 0 Å². The average Bonchev–Trinajstić information content (AvgIpc) is 3.29. The molecule has 4 aromatic heterocycles. The molecule has 0 N–H and O–H groups in total. The second-order valence-corrected chi connectivity index (χ2v) is 7.35. The minimum absolute atomic E-state index is 0.930. The fourth-order valence-corrected chi connectivity index (χ4v) is 4.24. The Morgan fingerprint density at radius 1 is 0.619 bits per heavy atom. The molecule has 0 radical (unpaired) electrons. The molecule has 4 rings (SSSR count). The molecule has 0 atom stereocenters. The van der Waals surface area contributed by atoms with Crippen LogP contribution in [0.2, 0.25) is 0 Å². The largest absolute Gasteiger partial charge is 0.371 e. The first-order chi connectivity index (χ1) is 10.4. The van der Waals surface area contributed by atoms with Crippen LogP contribution in [0.4, 0.5) is 0 Å². The van der Waals surface area contributed by atoms with E-state index in [0.29, 0.717) is 0 Å². The first-order valence-electron chi connectivity index (χ1n) is 6.50. The predicted molar refractivity (Wildman–Crippen MR) is 93.1 cm³/mol. The van der Waals surface area contributed by atoms with E-state index in [0.717, 1.165) is 21.3 Å². The van der Waals surface area contributed by atoms with Gasteiger partial charge in [-0.2, -0.15) is 0 Å². The summed E-state index contributed by atoms with van der Waals surface area (Å²) in [7, 11) is 0. The third-order valence-electron chi connectivity index (χ3n) is 3.13. The lowest BCUT2D eigenvalue weighted by atomic mass is 10.1. The molecule has 0 aromatic carbocycles. The van der Waals surface area contributed by atoms with Crippen molar-refractivity contribution < 1.29 is 4.42 Å². The number of thiophene rings is 3. The van der Waals surface area contributed by atoms with Crippen molar-refractivity contribution in [2.75, 3.05) is 0 Å². The Balaban J connectivity index is 1.92. The highest BCUT2D eigenvalue weighted by molar-refractivity contribution is 7.14. The molecular formula is C17H11OS3+. The molecule has 0 spiro atoms. The highest BCUT2D eigenvalue weighted by Crippen LogP contribution is 2.37. The Kier molecular flexibility index (Phi) is 3.43. The number of rotatable bonds is 3. The molecule has 0 aliphatic rings. The van der Waals surface area contributed by atoms with Gasteiger partial charge < -0.3 is 0 Å². The van der Waals surface area contributed by atoms with Crippen molar-refractivity contribution in [3.8, 4) is 31.7 Å². The maximum Gasteiger partial charge on any atom is 0.371 e. The minimum atomic E-state index is 0.930. The Labute approximate surface area is 134 Å². The summed E-state index contributed by atoms with van der Waals surface area (Å²) in [6.45, 7) is 0. The van der Waals surface area contributed by atoms with Crippen LogP contribution in [0.25, 0.3) is 31.7 Å². The van der Waals surface area contributed by atoms with Crippen molar-refractivity contribution in [2.45, 2.75) is 0 Å². The van der Waals surface area contributed by atoms with Gasteiger partial charge in [-0.1, -0.05) is 18.2 Å². The quantitative estimate of drug-likeness (QED) is 0.379. The van der Waals surface area contributed by atoms with E-state index in [4.69, 9.17) is 4.42 Å². The van der Waals surface area contributed by atoms with Gasteiger partial charge in [0.1, 0.15) is 9.75 Å². The third kappa shape index (κ3) is 2.58. The molecule has 102 valence electrons. The van der Waals surface area contributed by atoms with Crippen LogP contribution < -0.4 is 0 Å². The van der Waals surface area contributed by atoms with Crippen molar-refractivity contribution in [3.05, 3.63) is 64.7 Å². The van der Waals surface area contributed by atoms with Crippen LogP contribution in [0.1, 0.15) is 0 Å². The molecule has 0 amide bonds. The molecule has 0 saturated heterocycles. The highest BCUT2D eigenvalue weighted by Gasteiger charge is 2.21. The maximum absolute atomic E-state index is 6.13. The summed E-state index contributed by atoms with van der Waals surface area (Å²) in [6.07, 6.45) is 0. The number of hydrogen-bond donors (Lipinski definition) is 0. The Morgan fingerprint density at radius 2 is 1.10 bits per heavy atom. The molecule has 4 heterocycles. The summed E-state index contributed by atoms with van der Waals surface area (Å²) in [4.78, 5) is 3.58. The van der Waals surface area contributed by atoms with Gasteiger partial charge in [0.05, 0.1) is 12.1 Å². The van der Waals surface area contributed by atoms with E-state index in [2.05, 4.69) is 64.7 Å². The van der Waals surface area contributed by atoms with Gasteiger partial charge in [-0.15, -0.1) is 34.0 Å². The lowest BCUT2D eigenvalue weighted by Crippen LogP contribution is -1.81. The fraction of sp³-hybridized carbons (Fsp3) is 0. The van der Waals surface area contributed by atoms with Crippen LogP contribution in [0.3, 0.4) is 0 Å². The molecule has 0 bridgehead atoms. The van der Waals surface area contributed by atoms with Crippen LogP contribution >= 0.6 is 34.0 Å². The summed E-state index contributed by atoms with van der Waals surface area (Å²) in [5.41, 5.74) is 1.21. The molecule has 0 aliphatic heterocycles. The van der Waals surface area contributed by atoms with E-state index in [9.17, 15) is 0 Å². The third-order valence-corrected chi connectivity index (χ3v) is 5.81. The monoisotopic (exact) mass is 327 g/mol. The van der Waals surface area contributed by atoms with Crippen LogP contribution in [-0.2, 0) is 0 Å². The van der Waals surface area contributed by atoms with Gasteiger partial charge >= 0.3 is 11.5 Å². The van der Waals surface area contributed by atoms with Crippen molar-refractivity contribution in [3.63, 3.8) is 0 Å². The van der Waals surface area contributed by atoms with E-state index in [1.54, 1.807) is 34.0 Å². The topological polar surface area (TPSA) is 11.3 Å². The Hall–Kier alpha value is -1.75. The first kappa shape index (κ1) is 13.0. The molecule has 0 saturated carbocycles. The second kappa shape index (κ2) is 5.56. The van der Waals surface area contributed by atoms with E-state index in [1.807, 2.05) is 0 Å². The average molecular weight is 327 g/mol. The summed E-state index contributed by atoms with van der Waals surface area (Å²) < 4.78 is 6.13. The van der Waals surface area contributed by atoms with Crippen molar-refractivity contribution in [1.82, 2.24) is 0 Å². The summed E-state index contributed by atoms with van der Waals surface area (Å²) in [5, 5.41) is 6.26. The number of hydrogen-bond acceptors (Lipinski definition) is 3. The predicted octanol–water partition coefficient (Wildman–Crippen LogP) is 6.75. The highest BCUT2D eigenvalue weighted by atomic mass is 32.1. The van der Waals surface area contributed by atoms with Crippen LogP contribution in [0, 0.1) is 0 Å². The molecule has 0 aliphatic carbocycles. The smallest absolute Gasteiger partial charge is 0.205 e. The van der Waals surface area contributed by atoms with Gasteiger partial charge in [0, 0.05) is 10.4 Å². The van der Waals surface area contributed by atoms with Crippen LogP contribution in [0.5, 0.6) is 0 Å². The van der Waals surface area contributed by atoms with Crippen LogP contribution in [-0.4, -0.2) is 0 Å². The molecule has 4 aromatic rings. The van der Waals surface area contributed by atoms with E-state index < -0.39 is 0 Å². The van der Waals surface area contributed by atoms with Gasteiger partial charge in [0.15, 0.2) is 0 Å². The zero-order valence-corrected chi connectivity index (χ0v) is 13.4. The van der Waals surface area contributed by atoms with Crippen LogP contribution in [0.15, 0.2) is 69.1 Å². The normalized spacial score (nSPS) is 10.9. The Bertz CT molecular complexity index is 701. The Morgan fingerprint density at radius 3 is 1.52 bits per heavy atom. The van der Waals surface area contributed by atoms with Gasteiger partial charge in [0.2, 0.25) is 0 Å². The second-order valence-electron chi connectivity index (χ2n) is 4.51. The molecular weight excluding hydrogens is 316 g/mol.